The summed E-state index contributed by atoms with van der Waals surface area (Å²) in [5.41, 5.74) is 1.66. The van der Waals surface area contributed by atoms with Gasteiger partial charge >= 0.3 is 0 Å². The molecule has 1 aromatic carbocycles. The monoisotopic (exact) mass is 313 g/mol. The maximum Gasteiger partial charge on any atom is 0.263 e. The van der Waals surface area contributed by atoms with E-state index in [2.05, 4.69) is 18.4 Å². The van der Waals surface area contributed by atoms with Crippen molar-refractivity contribution in [1.29, 1.82) is 0 Å². The summed E-state index contributed by atoms with van der Waals surface area (Å²) >= 11 is 0. The van der Waals surface area contributed by atoms with Gasteiger partial charge in [0.2, 0.25) is 0 Å². The van der Waals surface area contributed by atoms with Crippen LogP contribution in [0.25, 0.3) is 10.9 Å². The zero-order valence-corrected chi connectivity index (χ0v) is 13.6. The summed E-state index contributed by atoms with van der Waals surface area (Å²) in [5.74, 6) is 0.647. The van der Waals surface area contributed by atoms with Crippen LogP contribution in [-0.4, -0.2) is 13.0 Å². The quantitative estimate of drug-likeness (QED) is 0.771. The summed E-state index contributed by atoms with van der Waals surface area (Å²) < 4.78 is 25.7. The number of halogens is 1. The number of para-hydroxylation sites is 1. The highest BCUT2D eigenvalue weighted by atomic mass is 35.7. The SMILES string of the molecule is Cc1c(S(=O)(=O)Cl)c2ccccc2n1CCCC(C)C. The second-order valence-electron chi connectivity index (χ2n) is 5.56. The zero-order valence-electron chi connectivity index (χ0n) is 12.1. The molecular formula is C15H20ClNO2S. The van der Waals surface area contributed by atoms with Crippen LogP contribution in [0.4, 0.5) is 0 Å². The fourth-order valence-electron chi connectivity index (χ4n) is 2.65. The maximum absolute atomic E-state index is 11.8. The molecule has 0 saturated heterocycles. The van der Waals surface area contributed by atoms with Crippen molar-refractivity contribution in [2.24, 2.45) is 5.92 Å². The summed E-state index contributed by atoms with van der Waals surface area (Å²) in [6.45, 7) is 7.02. The summed E-state index contributed by atoms with van der Waals surface area (Å²) in [7, 11) is 1.87. The van der Waals surface area contributed by atoms with Crippen molar-refractivity contribution in [1.82, 2.24) is 4.57 Å². The molecule has 0 N–H and O–H groups in total. The van der Waals surface area contributed by atoms with Gasteiger partial charge in [-0.25, -0.2) is 8.42 Å². The molecule has 110 valence electrons. The highest BCUT2D eigenvalue weighted by Gasteiger charge is 2.22. The molecule has 0 aliphatic heterocycles. The van der Waals surface area contributed by atoms with E-state index < -0.39 is 9.05 Å². The average molecular weight is 314 g/mol. The van der Waals surface area contributed by atoms with E-state index >= 15 is 0 Å². The highest BCUT2D eigenvalue weighted by Crippen LogP contribution is 2.32. The molecule has 0 fully saturated rings. The number of hydrogen-bond donors (Lipinski definition) is 0. The lowest BCUT2D eigenvalue weighted by atomic mass is 10.1. The lowest BCUT2D eigenvalue weighted by Gasteiger charge is -2.09. The molecule has 2 aromatic rings. The van der Waals surface area contributed by atoms with E-state index in [0.717, 1.165) is 30.6 Å². The molecule has 0 aliphatic rings. The Bertz CT molecular complexity index is 717. The van der Waals surface area contributed by atoms with Crippen LogP contribution in [0.3, 0.4) is 0 Å². The molecule has 5 heteroatoms. The lowest BCUT2D eigenvalue weighted by Crippen LogP contribution is -2.03. The molecule has 2 rings (SSSR count). The number of aryl methyl sites for hydroxylation is 1. The molecule has 3 nitrogen and oxygen atoms in total. The van der Waals surface area contributed by atoms with Crippen LogP contribution in [0, 0.1) is 12.8 Å². The molecular weight excluding hydrogens is 294 g/mol. The van der Waals surface area contributed by atoms with E-state index in [1.54, 1.807) is 0 Å². The van der Waals surface area contributed by atoms with Gasteiger partial charge in [-0.2, -0.15) is 0 Å². The maximum atomic E-state index is 11.8. The minimum atomic E-state index is -3.73. The summed E-state index contributed by atoms with van der Waals surface area (Å²) in [5, 5.41) is 0.713. The summed E-state index contributed by atoms with van der Waals surface area (Å²) in [6.07, 6.45) is 2.15. The number of aromatic nitrogens is 1. The second kappa shape index (κ2) is 5.78. The molecule has 0 atom stereocenters. The Morgan fingerprint density at radius 3 is 2.50 bits per heavy atom. The Labute approximate surface area is 125 Å². The third kappa shape index (κ3) is 3.01. The van der Waals surface area contributed by atoms with Crippen LogP contribution < -0.4 is 0 Å². The third-order valence-electron chi connectivity index (χ3n) is 3.58. The van der Waals surface area contributed by atoms with Crippen molar-refractivity contribution in [3.8, 4) is 0 Å². The van der Waals surface area contributed by atoms with Crippen LogP contribution in [-0.2, 0) is 15.6 Å². The molecule has 0 unspecified atom stereocenters. The topological polar surface area (TPSA) is 39.1 Å². The van der Waals surface area contributed by atoms with E-state index in [9.17, 15) is 8.42 Å². The highest BCUT2D eigenvalue weighted by molar-refractivity contribution is 8.14. The number of nitrogens with zero attached hydrogens (tertiary/aromatic N) is 1. The molecule has 0 bridgehead atoms. The Morgan fingerprint density at radius 2 is 1.90 bits per heavy atom. The van der Waals surface area contributed by atoms with Crippen molar-refractivity contribution in [2.45, 2.75) is 45.1 Å². The summed E-state index contributed by atoms with van der Waals surface area (Å²) in [6, 6.07) is 7.52. The van der Waals surface area contributed by atoms with E-state index in [4.69, 9.17) is 10.7 Å². The van der Waals surface area contributed by atoms with Gasteiger partial charge in [0.25, 0.3) is 9.05 Å². The number of rotatable bonds is 5. The number of hydrogen-bond acceptors (Lipinski definition) is 2. The standard InChI is InChI=1S/C15H20ClNO2S/c1-11(2)7-6-10-17-12(3)15(20(16,18)19)13-8-4-5-9-14(13)17/h4-5,8-9,11H,6-7,10H2,1-3H3. The van der Waals surface area contributed by atoms with Crippen LogP contribution in [0.15, 0.2) is 29.2 Å². The van der Waals surface area contributed by atoms with Gasteiger partial charge in [-0.15, -0.1) is 0 Å². The van der Waals surface area contributed by atoms with Gasteiger partial charge in [0.05, 0.1) is 0 Å². The first-order valence-corrected chi connectivity index (χ1v) is 9.15. The van der Waals surface area contributed by atoms with Crippen molar-refractivity contribution < 1.29 is 8.42 Å². The van der Waals surface area contributed by atoms with Crippen LogP contribution in [0.2, 0.25) is 0 Å². The summed E-state index contributed by atoms with van der Waals surface area (Å²) in [4.78, 5) is 0.249. The Balaban J connectivity index is 2.52. The largest absolute Gasteiger partial charge is 0.343 e. The molecule has 0 aliphatic carbocycles. The van der Waals surface area contributed by atoms with Gasteiger partial charge in [0.15, 0.2) is 0 Å². The average Bonchev–Trinajstić information content (AvgIpc) is 2.61. The van der Waals surface area contributed by atoms with Crippen LogP contribution in [0.1, 0.15) is 32.4 Å². The fourth-order valence-corrected chi connectivity index (χ4v) is 4.14. The molecule has 1 aromatic heterocycles. The van der Waals surface area contributed by atoms with E-state index in [1.807, 2.05) is 31.2 Å². The predicted molar refractivity (Wildman–Crippen MR) is 83.8 cm³/mol. The van der Waals surface area contributed by atoms with Gasteiger partial charge in [0, 0.05) is 33.8 Å². The smallest absolute Gasteiger partial charge is 0.263 e. The van der Waals surface area contributed by atoms with E-state index in [1.165, 1.54) is 0 Å². The molecule has 0 amide bonds. The van der Waals surface area contributed by atoms with Gasteiger partial charge in [-0.3, -0.25) is 0 Å². The Morgan fingerprint density at radius 1 is 1.25 bits per heavy atom. The van der Waals surface area contributed by atoms with Crippen LogP contribution in [0.5, 0.6) is 0 Å². The predicted octanol–water partition coefficient (Wildman–Crippen LogP) is 4.31. The van der Waals surface area contributed by atoms with Gasteiger partial charge in [-0.1, -0.05) is 32.0 Å². The molecule has 20 heavy (non-hydrogen) atoms. The Kier molecular flexibility index (Phi) is 4.45. The van der Waals surface area contributed by atoms with Crippen LogP contribution >= 0.6 is 10.7 Å². The molecule has 0 radical (unpaired) electrons. The molecule has 0 saturated carbocycles. The van der Waals surface area contributed by atoms with E-state index in [0.29, 0.717) is 11.3 Å². The lowest BCUT2D eigenvalue weighted by molar-refractivity contribution is 0.513. The van der Waals surface area contributed by atoms with Gasteiger partial charge in [-0.05, 0) is 31.7 Å². The number of fused-ring (bicyclic) bond motifs is 1. The minimum absolute atomic E-state index is 0.249. The van der Waals surface area contributed by atoms with Crippen molar-refractivity contribution in [2.75, 3.05) is 0 Å². The number of benzene rings is 1. The van der Waals surface area contributed by atoms with Crippen molar-refractivity contribution in [3.63, 3.8) is 0 Å². The van der Waals surface area contributed by atoms with Crippen molar-refractivity contribution in [3.05, 3.63) is 30.0 Å². The third-order valence-corrected chi connectivity index (χ3v) is 5.05. The second-order valence-corrected chi connectivity index (χ2v) is 8.06. The first-order chi connectivity index (χ1) is 9.32. The normalized spacial score (nSPS) is 12.4. The first-order valence-electron chi connectivity index (χ1n) is 6.85. The first kappa shape index (κ1) is 15.4. The fraction of sp³-hybridized carbons (Fsp3) is 0.467. The van der Waals surface area contributed by atoms with E-state index in [-0.39, 0.29) is 4.90 Å². The molecule has 1 heterocycles. The minimum Gasteiger partial charge on any atom is -0.343 e. The zero-order chi connectivity index (χ0) is 14.9. The van der Waals surface area contributed by atoms with Gasteiger partial charge < -0.3 is 4.57 Å². The van der Waals surface area contributed by atoms with Gasteiger partial charge in [0.1, 0.15) is 4.90 Å². The molecule has 0 spiro atoms. The van der Waals surface area contributed by atoms with Crippen molar-refractivity contribution >= 4 is 30.6 Å². The Hall–Kier alpha value is -1.00.